The highest BCUT2D eigenvalue weighted by Crippen LogP contribution is 2.22. The first kappa shape index (κ1) is 21.9. The highest BCUT2D eigenvalue weighted by Gasteiger charge is 2.15. The normalized spacial score (nSPS) is 9.89. The second kappa shape index (κ2) is 11.5. The van der Waals surface area contributed by atoms with E-state index in [0.29, 0.717) is 42.2 Å². The van der Waals surface area contributed by atoms with Crippen LogP contribution in [0.1, 0.15) is 51.0 Å². The van der Waals surface area contributed by atoms with Gasteiger partial charge in [0.25, 0.3) is 5.69 Å². The molecule has 2 aromatic rings. The number of rotatable bonds is 9. The third kappa shape index (κ3) is 6.96. The minimum atomic E-state index is -0.504. The molecule has 0 N–H and O–H groups in total. The van der Waals surface area contributed by atoms with Gasteiger partial charge >= 0.3 is 5.97 Å². The Hall–Kier alpha value is -3.10. The molecule has 0 aliphatic heterocycles. The summed E-state index contributed by atoms with van der Waals surface area (Å²) in [6, 6.07) is 1.42. The number of ether oxygens (including phenoxy) is 1. The van der Waals surface area contributed by atoms with Crippen LogP contribution in [0.15, 0.2) is 29.6 Å². The van der Waals surface area contributed by atoms with Gasteiger partial charge in [-0.3, -0.25) is 14.9 Å². The van der Waals surface area contributed by atoms with Crippen molar-refractivity contribution in [2.75, 3.05) is 0 Å². The minimum absolute atomic E-state index is 0.0834. The van der Waals surface area contributed by atoms with E-state index >= 15 is 0 Å². The number of aryl methyl sites for hydroxylation is 2. The van der Waals surface area contributed by atoms with Crippen LogP contribution < -0.4 is 0 Å². The van der Waals surface area contributed by atoms with Gasteiger partial charge in [0.1, 0.15) is 11.9 Å². The first-order valence-electron chi connectivity index (χ1n) is 8.75. The molecule has 146 valence electrons. The number of pyridine rings is 1. The van der Waals surface area contributed by atoms with E-state index in [1.54, 1.807) is 6.92 Å². The predicted octanol–water partition coefficient (Wildman–Crippen LogP) is 4.16. The van der Waals surface area contributed by atoms with E-state index in [2.05, 4.69) is 26.4 Å². The van der Waals surface area contributed by atoms with E-state index in [1.807, 2.05) is 13.8 Å². The summed E-state index contributed by atoms with van der Waals surface area (Å²) in [6.45, 7) is 9.02. The Labute approximate surface area is 157 Å². The highest BCUT2D eigenvalue weighted by molar-refractivity contribution is 5.69. The number of unbranched alkanes of at least 4 members (excludes halogenated alkanes) is 2. The first-order chi connectivity index (χ1) is 13.0. The lowest BCUT2D eigenvalue weighted by Gasteiger charge is -1.99. The quantitative estimate of drug-likeness (QED) is 0.210. The minimum Gasteiger partial charge on any atom is -0.435 e. The van der Waals surface area contributed by atoms with Crippen molar-refractivity contribution in [3.63, 3.8) is 0 Å². The molecular weight excluding hydrogens is 352 g/mol. The van der Waals surface area contributed by atoms with Gasteiger partial charge in [-0.2, -0.15) is 4.98 Å². The van der Waals surface area contributed by atoms with Gasteiger partial charge in [0.2, 0.25) is 11.7 Å². The van der Waals surface area contributed by atoms with Gasteiger partial charge in [-0.1, -0.05) is 32.0 Å². The Morgan fingerprint density at radius 3 is 2.74 bits per heavy atom. The zero-order valence-corrected chi connectivity index (χ0v) is 15.8. The van der Waals surface area contributed by atoms with Crippen LogP contribution >= 0.6 is 0 Å². The number of nitrogens with zero attached hydrogens (tertiary/aromatic N) is 4. The molecule has 0 radical (unpaired) electrons. The van der Waals surface area contributed by atoms with Crippen LogP contribution in [-0.4, -0.2) is 26.0 Å². The molecule has 0 aromatic carbocycles. The van der Waals surface area contributed by atoms with E-state index in [1.165, 1.54) is 12.3 Å². The van der Waals surface area contributed by atoms with Crippen LogP contribution in [0.25, 0.3) is 11.5 Å². The molecule has 0 atom stereocenters. The maximum absolute atomic E-state index is 11.2. The van der Waals surface area contributed by atoms with E-state index in [0.717, 1.165) is 19.1 Å². The Morgan fingerprint density at radius 1 is 1.37 bits per heavy atom. The van der Waals surface area contributed by atoms with Crippen molar-refractivity contribution in [2.45, 2.75) is 52.9 Å². The molecule has 0 bridgehead atoms. The van der Waals surface area contributed by atoms with Gasteiger partial charge in [0, 0.05) is 18.9 Å². The monoisotopic (exact) mass is 376 g/mol. The molecule has 0 amide bonds. The summed E-state index contributed by atoms with van der Waals surface area (Å²) in [5.41, 5.74) is 0.968. The molecule has 0 aliphatic carbocycles. The third-order valence-corrected chi connectivity index (χ3v) is 3.44. The molecule has 2 rings (SSSR count). The average Bonchev–Trinajstić information content (AvgIpc) is 3.11. The largest absolute Gasteiger partial charge is 0.435 e. The van der Waals surface area contributed by atoms with Crippen LogP contribution in [0.4, 0.5) is 5.69 Å². The summed E-state index contributed by atoms with van der Waals surface area (Å²) in [7, 11) is 0. The predicted molar refractivity (Wildman–Crippen MR) is 98.7 cm³/mol. The van der Waals surface area contributed by atoms with Crippen molar-refractivity contribution in [3.8, 4) is 11.5 Å². The van der Waals surface area contributed by atoms with E-state index in [4.69, 9.17) is 4.52 Å². The number of hydrogen-bond donors (Lipinski definition) is 0. The Balaban J connectivity index is 0.00000176. The number of carbonyl (C=O) groups excluding carboxylic acids is 1. The molecule has 9 nitrogen and oxygen atoms in total. The number of carbonyl (C=O) groups is 1. The first-order valence-corrected chi connectivity index (χ1v) is 8.75. The second-order valence-electron chi connectivity index (χ2n) is 5.35. The summed E-state index contributed by atoms with van der Waals surface area (Å²) >= 11 is 0. The van der Waals surface area contributed by atoms with Gasteiger partial charge in [-0.15, -0.1) is 0 Å². The van der Waals surface area contributed by atoms with Crippen molar-refractivity contribution in [1.29, 1.82) is 0 Å². The fourth-order valence-electron chi connectivity index (χ4n) is 2.22. The summed E-state index contributed by atoms with van der Waals surface area (Å²) in [5, 5.41) is 14.6. The van der Waals surface area contributed by atoms with Gasteiger partial charge in [0.15, 0.2) is 0 Å². The summed E-state index contributed by atoms with van der Waals surface area (Å²) in [5.74, 6) is 0.468. The molecule has 0 aliphatic rings. The molecular formula is C18H24N4O5. The van der Waals surface area contributed by atoms with E-state index < -0.39 is 4.92 Å². The molecule has 0 saturated carbocycles. The van der Waals surface area contributed by atoms with Gasteiger partial charge in [-0.05, 0) is 25.3 Å². The molecule has 0 saturated heterocycles. The number of hydrogen-bond acceptors (Lipinski definition) is 8. The lowest BCUT2D eigenvalue weighted by molar-refractivity contribution is -0.385. The Kier molecular flexibility index (Phi) is 9.35. The molecule has 0 spiro atoms. The van der Waals surface area contributed by atoms with Crippen molar-refractivity contribution in [2.24, 2.45) is 0 Å². The zero-order valence-electron chi connectivity index (χ0n) is 15.8. The fourth-order valence-corrected chi connectivity index (χ4v) is 2.22. The summed E-state index contributed by atoms with van der Waals surface area (Å²) in [6.07, 6.45) is 5.52. The standard InChI is InChI=1S/C16H18N4O5.C2H6/c1-3-24-14(21)8-6-4-5-7-13-18-16(19-25-13)15-11(2)9-12(10-17-15)20(22)23;1-2/h3,9-10H,1,4-8H2,2H3;1-2H3. The molecule has 0 unspecified atom stereocenters. The summed E-state index contributed by atoms with van der Waals surface area (Å²) in [4.78, 5) is 29.7. The summed E-state index contributed by atoms with van der Waals surface area (Å²) < 4.78 is 9.81. The number of esters is 1. The SMILES string of the molecule is C=COC(=O)CCCCCc1nc(-c2ncc([N+](=O)[O-])cc2C)no1.CC. The van der Waals surface area contributed by atoms with Crippen LogP contribution in [0.2, 0.25) is 0 Å². The Morgan fingerprint density at radius 2 is 2.11 bits per heavy atom. The average molecular weight is 376 g/mol. The van der Waals surface area contributed by atoms with Crippen molar-refractivity contribution in [1.82, 2.24) is 15.1 Å². The maximum Gasteiger partial charge on any atom is 0.310 e. The van der Waals surface area contributed by atoms with Crippen LogP contribution in [-0.2, 0) is 16.0 Å². The topological polar surface area (TPSA) is 121 Å². The Bertz CT molecular complexity index is 773. The molecule has 2 aromatic heterocycles. The second-order valence-corrected chi connectivity index (χ2v) is 5.35. The number of nitro groups is 1. The molecule has 27 heavy (non-hydrogen) atoms. The molecule has 0 fully saturated rings. The fraction of sp³-hybridized carbons (Fsp3) is 0.444. The van der Waals surface area contributed by atoms with Gasteiger partial charge in [0.05, 0.1) is 11.2 Å². The van der Waals surface area contributed by atoms with E-state index in [9.17, 15) is 14.9 Å². The van der Waals surface area contributed by atoms with Gasteiger partial charge < -0.3 is 9.26 Å². The molecule has 2 heterocycles. The van der Waals surface area contributed by atoms with Crippen molar-refractivity contribution < 1.29 is 19.0 Å². The van der Waals surface area contributed by atoms with Gasteiger partial charge in [-0.25, -0.2) is 4.98 Å². The highest BCUT2D eigenvalue weighted by atomic mass is 16.6. The van der Waals surface area contributed by atoms with Crippen molar-refractivity contribution in [3.05, 3.63) is 46.7 Å². The zero-order chi connectivity index (χ0) is 20.2. The molecule has 9 heteroatoms. The number of aromatic nitrogens is 3. The third-order valence-electron chi connectivity index (χ3n) is 3.44. The van der Waals surface area contributed by atoms with Crippen LogP contribution in [0.3, 0.4) is 0 Å². The smallest absolute Gasteiger partial charge is 0.310 e. The van der Waals surface area contributed by atoms with Crippen LogP contribution in [0, 0.1) is 17.0 Å². The van der Waals surface area contributed by atoms with Crippen molar-refractivity contribution >= 4 is 11.7 Å². The lowest BCUT2D eigenvalue weighted by atomic mass is 10.1. The maximum atomic E-state index is 11.2. The lowest BCUT2D eigenvalue weighted by Crippen LogP contribution is -1.98. The van der Waals surface area contributed by atoms with E-state index in [-0.39, 0.29) is 11.7 Å². The van der Waals surface area contributed by atoms with Crippen LogP contribution in [0.5, 0.6) is 0 Å².